The second kappa shape index (κ2) is 13.7. The van der Waals surface area contributed by atoms with Gasteiger partial charge in [-0.15, -0.1) is 0 Å². The maximum absolute atomic E-state index is 2.56. The van der Waals surface area contributed by atoms with Crippen molar-refractivity contribution in [1.82, 2.24) is 9.62 Å². The van der Waals surface area contributed by atoms with Crippen LogP contribution in [0.1, 0.15) is 64.5 Å². The Balaban J connectivity index is 1.91. The first-order chi connectivity index (χ1) is 14.2. The SMILES string of the molecule is CCCN(Bc1ccc(Cc2ccc(BN(CCC)CCC)cc2)cc1)CCC. The molecule has 156 valence electrons. The van der Waals surface area contributed by atoms with Gasteiger partial charge in [-0.1, -0.05) is 87.2 Å². The summed E-state index contributed by atoms with van der Waals surface area (Å²) in [4.78, 5) is 5.13. The van der Waals surface area contributed by atoms with Gasteiger partial charge in [-0.2, -0.15) is 0 Å². The maximum atomic E-state index is 2.56. The predicted molar refractivity (Wildman–Crippen MR) is 134 cm³/mol. The van der Waals surface area contributed by atoms with Gasteiger partial charge in [0, 0.05) is 0 Å². The Kier molecular flexibility index (Phi) is 11.2. The molecule has 0 saturated carbocycles. The van der Waals surface area contributed by atoms with Gasteiger partial charge < -0.3 is 9.62 Å². The van der Waals surface area contributed by atoms with Gasteiger partial charge >= 0.3 is 0 Å². The molecule has 0 heterocycles. The molecule has 0 amide bonds. The molecule has 0 atom stereocenters. The first-order valence-electron chi connectivity index (χ1n) is 11.8. The average Bonchev–Trinajstić information content (AvgIpc) is 2.72. The number of hydrogen-bond acceptors (Lipinski definition) is 2. The van der Waals surface area contributed by atoms with E-state index in [4.69, 9.17) is 0 Å². The van der Waals surface area contributed by atoms with E-state index in [2.05, 4.69) is 85.8 Å². The van der Waals surface area contributed by atoms with Crippen LogP contribution >= 0.6 is 0 Å². The highest BCUT2D eigenvalue weighted by atomic mass is 15.0. The van der Waals surface area contributed by atoms with Crippen molar-refractivity contribution in [3.8, 4) is 0 Å². The van der Waals surface area contributed by atoms with Crippen LogP contribution in [0.5, 0.6) is 0 Å². The van der Waals surface area contributed by atoms with E-state index in [-0.39, 0.29) is 0 Å². The molecule has 2 nitrogen and oxygen atoms in total. The van der Waals surface area contributed by atoms with Crippen molar-refractivity contribution in [3.63, 3.8) is 0 Å². The molecule has 0 aromatic heterocycles. The van der Waals surface area contributed by atoms with Crippen LogP contribution in [0.4, 0.5) is 0 Å². The number of rotatable bonds is 14. The highest BCUT2D eigenvalue weighted by molar-refractivity contribution is 6.51. The molecule has 0 saturated heterocycles. The van der Waals surface area contributed by atoms with Crippen molar-refractivity contribution >= 4 is 25.8 Å². The van der Waals surface area contributed by atoms with Gasteiger partial charge in [-0.05, 0) is 69.4 Å². The van der Waals surface area contributed by atoms with E-state index in [1.54, 1.807) is 0 Å². The Morgan fingerprint density at radius 3 is 1.10 bits per heavy atom. The molecule has 0 bridgehead atoms. The van der Waals surface area contributed by atoms with Crippen molar-refractivity contribution < 1.29 is 0 Å². The molecule has 2 aromatic carbocycles. The van der Waals surface area contributed by atoms with Crippen LogP contribution in [0.3, 0.4) is 0 Å². The topological polar surface area (TPSA) is 6.48 Å². The van der Waals surface area contributed by atoms with E-state index in [0.29, 0.717) is 0 Å². The molecule has 0 aliphatic carbocycles. The van der Waals surface area contributed by atoms with Crippen molar-refractivity contribution in [2.24, 2.45) is 0 Å². The molecular formula is C25H40B2N2. The zero-order valence-corrected chi connectivity index (χ0v) is 19.3. The Labute approximate surface area is 181 Å². The highest BCUT2D eigenvalue weighted by Gasteiger charge is 2.08. The molecule has 2 rings (SSSR count). The van der Waals surface area contributed by atoms with Crippen LogP contribution in [-0.4, -0.2) is 50.6 Å². The lowest BCUT2D eigenvalue weighted by Gasteiger charge is -2.20. The maximum Gasteiger partial charge on any atom is 0.238 e. The van der Waals surface area contributed by atoms with Crippen molar-refractivity contribution in [1.29, 1.82) is 0 Å². The summed E-state index contributed by atoms with van der Waals surface area (Å²) < 4.78 is 0. The van der Waals surface area contributed by atoms with E-state index in [1.807, 2.05) is 0 Å². The third-order valence-electron chi connectivity index (χ3n) is 5.43. The first kappa shape index (κ1) is 23.8. The third kappa shape index (κ3) is 8.80. The summed E-state index contributed by atoms with van der Waals surface area (Å²) in [6, 6.07) is 18.5. The summed E-state index contributed by atoms with van der Waals surface area (Å²) in [6.07, 6.45) is 5.92. The van der Waals surface area contributed by atoms with Gasteiger partial charge in [-0.25, -0.2) is 0 Å². The molecule has 0 aliphatic heterocycles. The standard InChI is InChI=1S/C25H40B2N2/c1-5-17-28(18-6-2)26-24-13-9-22(10-14-24)21-23-11-15-25(16-12-23)27-29(19-7-3)20-8-4/h9-16,26-27H,5-8,17-21H2,1-4H3. The van der Waals surface area contributed by atoms with Crippen LogP contribution in [0, 0.1) is 0 Å². The Morgan fingerprint density at radius 2 is 0.828 bits per heavy atom. The average molecular weight is 390 g/mol. The van der Waals surface area contributed by atoms with Gasteiger partial charge in [0.05, 0.1) is 0 Å². The lowest BCUT2D eigenvalue weighted by Crippen LogP contribution is -2.37. The molecule has 4 heteroatoms. The molecule has 0 aliphatic rings. The summed E-state index contributed by atoms with van der Waals surface area (Å²) in [5.74, 6) is 0. The van der Waals surface area contributed by atoms with Crippen molar-refractivity contribution in [2.75, 3.05) is 26.2 Å². The van der Waals surface area contributed by atoms with E-state index < -0.39 is 0 Å². The van der Waals surface area contributed by atoms with Crippen LogP contribution in [0.2, 0.25) is 0 Å². The van der Waals surface area contributed by atoms with E-state index >= 15 is 0 Å². The summed E-state index contributed by atoms with van der Waals surface area (Å²) in [7, 11) is 2.14. The minimum Gasteiger partial charge on any atom is -0.341 e. The normalized spacial score (nSPS) is 11.2. The van der Waals surface area contributed by atoms with Crippen LogP contribution in [0.25, 0.3) is 0 Å². The van der Waals surface area contributed by atoms with E-state index in [1.165, 1.54) is 73.9 Å². The van der Waals surface area contributed by atoms with Crippen LogP contribution < -0.4 is 10.9 Å². The van der Waals surface area contributed by atoms with Gasteiger partial charge in [0.1, 0.15) is 0 Å². The highest BCUT2D eigenvalue weighted by Crippen LogP contribution is 2.08. The second-order valence-electron chi connectivity index (χ2n) is 8.36. The van der Waals surface area contributed by atoms with Crippen molar-refractivity contribution in [3.05, 3.63) is 59.7 Å². The summed E-state index contributed by atoms with van der Waals surface area (Å²) in [5.41, 5.74) is 5.66. The third-order valence-corrected chi connectivity index (χ3v) is 5.43. The lowest BCUT2D eigenvalue weighted by molar-refractivity contribution is 0.445. The first-order valence-corrected chi connectivity index (χ1v) is 11.8. The zero-order chi connectivity index (χ0) is 20.9. The minimum absolute atomic E-state index is 1.02. The Hall–Kier alpha value is -1.51. The predicted octanol–water partition coefficient (Wildman–Crippen LogP) is 3.48. The van der Waals surface area contributed by atoms with E-state index in [9.17, 15) is 0 Å². The monoisotopic (exact) mass is 390 g/mol. The fraction of sp³-hybridized carbons (Fsp3) is 0.520. The molecule has 2 aromatic rings. The minimum atomic E-state index is 1.02. The molecular weight excluding hydrogens is 350 g/mol. The van der Waals surface area contributed by atoms with Gasteiger partial charge in [-0.3, -0.25) is 0 Å². The lowest BCUT2D eigenvalue weighted by atomic mass is 9.79. The fourth-order valence-corrected chi connectivity index (χ4v) is 4.08. The number of hydrogen-bond donors (Lipinski definition) is 0. The summed E-state index contributed by atoms with van der Waals surface area (Å²) >= 11 is 0. The fourth-order valence-electron chi connectivity index (χ4n) is 4.08. The molecule has 0 fully saturated rings. The molecule has 29 heavy (non-hydrogen) atoms. The van der Waals surface area contributed by atoms with Gasteiger partial charge in [0.25, 0.3) is 0 Å². The van der Waals surface area contributed by atoms with Gasteiger partial charge in [0.2, 0.25) is 14.8 Å². The Morgan fingerprint density at radius 1 is 0.517 bits per heavy atom. The largest absolute Gasteiger partial charge is 0.341 e. The van der Waals surface area contributed by atoms with Gasteiger partial charge in [0.15, 0.2) is 0 Å². The zero-order valence-electron chi connectivity index (χ0n) is 19.3. The second-order valence-corrected chi connectivity index (χ2v) is 8.36. The van der Waals surface area contributed by atoms with Crippen LogP contribution in [-0.2, 0) is 6.42 Å². The van der Waals surface area contributed by atoms with Crippen LogP contribution in [0.15, 0.2) is 48.5 Å². The van der Waals surface area contributed by atoms with E-state index in [0.717, 1.165) is 21.2 Å². The molecule has 0 radical (unpaired) electrons. The molecule has 0 spiro atoms. The van der Waals surface area contributed by atoms with Crippen molar-refractivity contribution in [2.45, 2.75) is 59.8 Å². The molecule has 0 N–H and O–H groups in total. The summed E-state index contributed by atoms with van der Waals surface area (Å²) in [6.45, 7) is 13.8. The quantitative estimate of drug-likeness (QED) is 0.456. The Bertz CT molecular complexity index is 599. The summed E-state index contributed by atoms with van der Waals surface area (Å²) in [5, 5.41) is 0. The smallest absolute Gasteiger partial charge is 0.238 e. The number of benzene rings is 2. The molecule has 0 unspecified atom stereocenters. The number of nitrogens with zero attached hydrogens (tertiary/aromatic N) is 2.